The molecule has 2 aromatic carbocycles. The summed E-state index contributed by atoms with van der Waals surface area (Å²) in [6.07, 6.45) is 2.55. The summed E-state index contributed by atoms with van der Waals surface area (Å²) < 4.78 is 55.1. The molecule has 0 radical (unpaired) electrons. The molecule has 3 aromatic heterocycles. The van der Waals surface area contributed by atoms with Crippen LogP contribution < -0.4 is 4.90 Å². The van der Waals surface area contributed by atoms with Gasteiger partial charge in [-0.05, 0) is 61.4 Å². The van der Waals surface area contributed by atoms with Gasteiger partial charge in [-0.25, -0.2) is 27.2 Å². The van der Waals surface area contributed by atoms with Crippen molar-refractivity contribution >= 4 is 32.5 Å². The molecule has 0 amide bonds. The van der Waals surface area contributed by atoms with E-state index in [9.17, 15) is 12.8 Å². The molecule has 1 fully saturated rings. The van der Waals surface area contributed by atoms with Crippen molar-refractivity contribution in [1.82, 2.24) is 14.4 Å². The monoisotopic (exact) mass is 564 g/mol. The maximum Gasteiger partial charge on any atom is 0.153 e. The van der Waals surface area contributed by atoms with E-state index in [0.29, 0.717) is 58.2 Å². The average molecular weight is 565 g/mol. The normalized spacial score (nSPS) is 15.2. The highest BCUT2D eigenvalue weighted by Gasteiger charge is 2.24. The first kappa shape index (κ1) is 25.6. The summed E-state index contributed by atoms with van der Waals surface area (Å²) in [5.74, 6) is -0.400. The first-order valence-corrected chi connectivity index (χ1v) is 15.4. The standard InChI is InChI=1S/C29H26F2N4O2S2/c1-3-24-28(35-16-21(8-11-26(35)32-24)34-12-14-39(36,37)15-13-34)23-10-9-22(18(2)27(23)31)29-33-25(17-38-29)19-4-6-20(30)7-5-19/h4-11,16-17H,3,12-15H2,1-2H3. The highest BCUT2D eigenvalue weighted by Crippen LogP contribution is 2.37. The summed E-state index contributed by atoms with van der Waals surface area (Å²) in [5, 5.41) is 2.58. The zero-order chi connectivity index (χ0) is 27.3. The number of anilines is 1. The topological polar surface area (TPSA) is 67.6 Å². The predicted octanol–water partition coefficient (Wildman–Crippen LogP) is 6.18. The van der Waals surface area contributed by atoms with Crippen LogP contribution in [0.2, 0.25) is 0 Å². The largest absolute Gasteiger partial charge is 0.368 e. The van der Waals surface area contributed by atoms with E-state index in [2.05, 4.69) is 0 Å². The zero-order valence-corrected chi connectivity index (χ0v) is 23.1. The van der Waals surface area contributed by atoms with Crippen molar-refractivity contribution in [3.05, 3.63) is 83.0 Å². The van der Waals surface area contributed by atoms with Crippen molar-refractivity contribution in [2.75, 3.05) is 29.5 Å². The lowest BCUT2D eigenvalue weighted by molar-refractivity contribution is 0.586. The zero-order valence-electron chi connectivity index (χ0n) is 21.5. The molecule has 1 aliphatic heterocycles. The van der Waals surface area contributed by atoms with E-state index in [1.54, 1.807) is 25.1 Å². The van der Waals surface area contributed by atoms with Gasteiger partial charge >= 0.3 is 0 Å². The van der Waals surface area contributed by atoms with Crippen LogP contribution in [0.15, 0.2) is 60.1 Å². The van der Waals surface area contributed by atoms with E-state index in [0.717, 1.165) is 16.9 Å². The van der Waals surface area contributed by atoms with Crippen LogP contribution >= 0.6 is 11.3 Å². The van der Waals surface area contributed by atoms with Crippen molar-refractivity contribution in [1.29, 1.82) is 0 Å². The van der Waals surface area contributed by atoms with Gasteiger partial charge in [0.15, 0.2) is 9.84 Å². The van der Waals surface area contributed by atoms with Crippen molar-refractivity contribution in [3.63, 3.8) is 0 Å². The third-order valence-electron chi connectivity index (χ3n) is 7.24. The molecule has 10 heteroatoms. The number of imidazole rings is 1. The number of halogens is 2. The number of aromatic nitrogens is 3. The molecule has 1 saturated heterocycles. The smallest absolute Gasteiger partial charge is 0.153 e. The number of aryl methyl sites for hydroxylation is 1. The van der Waals surface area contributed by atoms with Crippen LogP contribution in [0, 0.1) is 18.6 Å². The van der Waals surface area contributed by atoms with Crippen LogP contribution in [0.5, 0.6) is 0 Å². The Labute approximate surface area is 229 Å². The van der Waals surface area contributed by atoms with E-state index < -0.39 is 9.84 Å². The highest BCUT2D eigenvalue weighted by atomic mass is 32.2. The van der Waals surface area contributed by atoms with E-state index >= 15 is 4.39 Å². The van der Waals surface area contributed by atoms with Crippen LogP contribution in [0.4, 0.5) is 14.5 Å². The van der Waals surface area contributed by atoms with E-state index in [-0.39, 0.29) is 23.1 Å². The molecule has 5 aromatic rings. The second-order valence-electron chi connectivity index (χ2n) is 9.66. The minimum atomic E-state index is -3.00. The Hall–Kier alpha value is -3.63. The van der Waals surface area contributed by atoms with Crippen LogP contribution in [0.1, 0.15) is 18.2 Å². The maximum absolute atomic E-state index is 16.1. The van der Waals surface area contributed by atoms with Gasteiger partial charge in [-0.3, -0.25) is 4.40 Å². The molecule has 200 valence electrons. The lowest BCUT2D eigenvalue weighted by Crippen LogP contribution is -2.40. The number of hydrogen-bond donors (Lipinski definition) is 0. The first-order chi connectivity index (χ1) is 18.7. The van der Waals surface area contributed by atoms with Gasteiger partial charge in [-0.15, -0.1) is 11.3 Å². The molecule has 6 rings (SSSR count). The summed E-state index contributed by atoms with van der Waals surface area (Å²) in [4.78, 5) is 11.5. The van der Waals surface area contributed by atoms with Crippen molar-refractivity contribution in [2.45, 2.75) is 20.3 Å². The Morgan fingerprint density at radius 2 is 1.67 bits per heavy atom. The number of nitrogens with zero attached hydrogens (tertiary/aromatic N) is 4. The SMILES string of the molecule is CCc1nc2ccc(N3CCS(=O)(=O)CC3)cn2c1-c1ccc(-c2nc(-c3ccc(F)cc3)cs2)c(C)c1F. The minimum Gasteiger partial charge on any atom is -0.368 e. The molecule has 0 aliphatic carbocycles. The molecule has 1 aliphatic rings. The second-order valence-corrected chi connectivity index (χ2v) is 12.8. The molecular formula is C29H26F2N4O2S2. The molecule has 0 unspecified atom stereocenters. The van der Waals surface area contributed by atoms with E-state index in [1.807, 2.05) is 46.0 Å². The second kappa shape index (κ2) is 9.84. The van der Waals surface area contributed by atoms with Crippen molar-refractivity contribution in [2.24, 2.45) is 0 Å². The Balaban J connectivity index is 1.39. The fourth-order valence-corrected chi connectivity index (χ4v) is 7.13. The van der Waals surface area contributed by atoms with Gasteiger partial charge in [-0.2, -0.15) is 0 Å². The molecule has 0 saturated carbocycles. The summed E-state index contributed by atoms with van der Waals surface area (Å²) in [5.41, 5.74) is 6.22. The molecule has 4 heterocycles. The van der Waals surface area contributed by atoms with E-state index in [1.165, 1.54) is 23.5 Å². The van der Waals surface area contributed by atoms with Gasteiger partial charge in [0.1, 0.15) is 22.3 Å². The van der Waals surface area contributed by atoms with Gasteiger partial charge in [0.2, 0.25) is 0 Å². The summed E-state index contributed by atoms with van der Waals surface area (Å²) >= 11 is 1.42. The third kappa shape index (κ3) is 4.72. The lowest BCUT2D eigenvalue weighted by atomic mass is 10.0. The van der Waals surface area contributed by atoms with Crippen LogP contribution in [0.3, 0.4) is 0 Å². The third-order valence-corrected chi connectivity index (χ3v) is 9.72. The minimum absolute atomic E-state index is 0.122. The number of fused-ring (bicyclic) bond motifs is 1. The van der Waals surface area contributed by atoms with Gasteiger partial charge < -0.3 is 4.90 Å². The molecule has 0 N–H and O–H groups in total. The number of rotatable bonds is 5. The number of hydrogen-bond acceptors (Lipinski definition) is 6. The molecule has 0 spiro atoms. The van der Waals surface area contributed by atoms with Gasteiger partial charge in [0.05, 0.1) is 34.3 Å². The summed E-state index contributed by atoms with van der Waals surface area (Å²) in [6.45, 7) is 4.59. The molecule has 0 bridgehead atoms. The quantitative estimate of drug-likeness (QED) is 0.255. The van der Waals surface area contributed by atoms with E-state index in [4.69, 9.17) is 9.97 Å². The Bertz CT molecular complexity index is 1800. The number of pyridine rings is 1. The summed E-state index contributed by atoms with van der Waals surface area (Å²) in [7, 11) is -3.00. The van der Waals surface area contributed by atoms with Crippen molar-refractivity contribution in [3.8, 4) is 33.1 Å². The summed E-state index contributed by atoms with van der Waals surface area (Å²) in [6, 6.07) is 13.7. The van der Waals surface area contributed by atoms with Crippen LogP contribution in [0.25, 0.3) is 38.7 Å². The Morgan fingerprint density at radius 1 is 0.949 bits per heavy atom. The number of sulfone groups is 1. The van der Waals surface area contributed by atoms with Gasteiger partial charge in [-0.1, -0.05) is 13.0 Å². The lowest BCUT2D eigenvalue weighted by Gasteiger charge is -2.28. The molecule has 39 heavy (non-hydrogen) atoms. The van der Waals surface area contributed by atoms with Crippen LogP contribution in [-0.4, -0.2) is 47.4 Å². The molecular weight excluding hydrogens is 538 g/mol. The van der Waals surface area contributed by atoms with Gasteiger partial charge in [0, 0.05) is 41.4 Å². The molecule has 0 atom stereocenters. The first-order valence-electron chi connectivity index (χ1n) is 12.7. The average Bonchev–Trinajstić information content (AvgIpc) is 3.55. The fraction of sp³-hybridized carbons (Fsp3) is 0.241. The molecule has 6 nitrogen and oxygen atoms in total. The number of thiazole rings is 1. The number of benzene rings is 2. The van der Waals surface area contributed by atoms with Crippen LogP contribution in [-0.2, 0) is 16.3 Å². The Kier molecular flexibility index (Phi) is 6.47. The maximum atomic E-state index is 16.1. The van der Waals surface area contributed by atoms with Crippen molar-refractivity contribution < 1.29 is 17.2 Å². The van der Waals surface area contributed by atoms with Gasteiger partial charge in [0.25, 0.3) is 0 Å². The highest BCUT2D eigenvalue weighted by molar-refractivity contribution is 7.91. The Morgan fingerprint density at radius 3 is 2.38 bits per heavy atom. The fourth-order valence-electron chi connectivity index (χ4n) is 5.02. The predicted molar refractivity (Wildman–Crippen MR) is 152 cm³/mol.